The minimum Gasteiger partial charge on any atom is -0.461 e. The molecule has 0 aromatic carbocycles. The number of anilines is 1. The van der Waals surface area contributed by atoms with Crippen molar-refractivity contribution >= 4 is 11.8 Å². The van der Waals surface area contributed by atoms with E-state index in [0.717, 1.165) is 48.4 Å². The Kier molecular flexibility index (Phi) is 4.15. The number of esters is 1. The van der Waals surface area contributed by atoms with E-state index in [1.807, 2.05) is 0 Å². The highest BCUT2D eigenvalue weighted by Gasteiger charge is 2.45. The molecule has 2 aliphatic rings. The summed E-state index contributed by atoms with van der Waals surface area (Å²) in [5, 5.41) is 7.92. The first kappa shape index (κ1) is 16.1. The van der Waals surface area contributed by atoms with E-state index in [1.54, 1.807) is 17.8 Å². The van der Waals surface area contributed by atoms with E-state index in [-0.39, 0.29) is 5.69 Å². The second-order valence-corrected chi connectivity index (χ2v) is 6.81. The normalized spacial score (nSPS) is 21.3. The minimum atomic E-state index is -0.439. The van der Waals surface area contributed by atoms with Crippen molar-refractivity contribution in [1.82, 2.24) is 20.0 Å². The zero-order chi connectivity index (χ0) is 17.4. The van der Waals surface area contributed by atoms with Crippen molar-refractivity contribution in [3.63, 3.8) is 0 Å². The SMILES string of the molecule is CCOC(=O)c1cn(Cc2ccc(N3CC4CC4C3)nc2CC)nn1. The largest absolute Gasteiger partial charge is 0.461 e. The van der Waals surface area contributed by atoms with Crippen molar-refractivity contribution in [2.75, 3.05) is 24.6 Å². The number of piperidine rings is 1. The fraction of sp³-hybridized carbons (Fsp3) is 0.556. The van der Waals surface area contributed by atoms with Crippen LogP contribution < -0.4 is 4.90 Å². The molecule has 1 saturated heterocycles. The van der Waals surface area contributed by atoms with Crippen LogP contribution in [0.15, 0.2) is 18.3 Å². The van der Waals surface area contributed by atoms with Crippen molar-refractivity contribution in [1.29, 1.82) is 0 Å². The molecule has 1 saturated carbocycles. The lowest BCUT2D eigenvalue weighted by Gasteiger charge is -2.20. The first-order valence-electron chi connectivity index (χ1n) is 8.99. The third-order valence-corrected chi connectivity index (χ3v) is 5.05. The van der Waals surface area contributed by atoms with Gasteiger partial charge in [0.1, 0.15) is 5.82 Å². The summed E-state index contributed by atoms with van der Waals surface area (Å²) < 4.78 is 6.61. The lowest BCUT2D eigenvalue weighted by molar-refractivity contribution is 0.0519. The standard InChI is InChI=1S/C18H23N5O2/c1-3-15-12(10-23-11-16(20-21-23)18(24)25-4-2)5-6-17(19-15)22-8-13-7-14(13)9-22/h5-6,11,13-14H,3-4,7-10H2,1-2H3. The number of pyridine rings is 1. The summed E-state index contributed by atoms with van der Waals surface area (Å²) in [4.78, 5) is 19.0. The predicted octanol–water partition coefficient (Wildman–Crippen LogP) is 1.92. The third-order valence-electron chi connectivity index (χ3n) is 5.05. The number of ether oxygens (including phenoxy) is 1. The summed E-state index contributed by atoms with van der Waals surface area (Å²) in [5.74, 6) is 2.43. The Morgan fingerprint density at radius 1 is 1.28 bits per heavy atom. The molecule has 0 spiro atoms. The van der Waals surface area contributed by atoms with Crippen LogP contribution in [0.4, 0.5) is 5.82 Å². The second-order valence-electron chi connectivity index (χ2n) is 6.81. The number of aromatic nitrogens is 4. The number of aryl methyl sites for hydroxylation is 1. The van der Waals surface area contributed by atoms with E-state index in [9.17, 15) is 4.79 Å². The maximum absolute atomic E-state index is 11.7. The molecule has 1 aliphatic heterocycles. The van der Waals surface area contributed by atoms with Crippen LogP contribution in [0, 0.1) is 11.8 Å². The Bertz CT molecular complexity index is 778. The van der Waals surface area contributed by atoms with Crippen LogP contribution in [-0.4, -0.2) is 45.6 Å². The Morgan fingerprint density at radius 2 is 2.08 bits per heavy atom. The summed E-state index contributed by atoms with van der Waals surface area (Å²) in [6.07, 6.45) is 3.88. The van der Waals surface area contributed by atoms with Crippen molar-refractivity contribution in [3.8, 4) is 0 Å². The summed E-state index contributed by atoms with van der Waals surface area (Å²) in [7, 11) is 0. The number of hydrogen-bond donors (Lipinski definition) is 0. The van der Waals surface area contributed by atoms with E-state index >= 15 is 0 Å². The van der Waals surface area contributed by atoms with Gasteiger partial charge in [-0.1, -0.05) is 18.2 Å². The van der Waals surface area contributed by atoms with E-state index in [4.69, 9.17) is 9.72 Å². The molecule has 0 N–H and O–H groups in total. The summed E-state index contributed by atoms with van der Waals surface area (Å²) in [6, 6.07) is 4.22. The fourth-order valence-electron chi connectivity index (χ4n) is 3.58. The van der Waals surface area contributed by atoms with Gasteiger partial charge in [0, 0.05) is 18.8 Å². The topological polar surface area (TPSA) is 73.1 Å². The Balaban J connectivity index is 1.49. The lowest BCUT2D eigenvalue weighted by atomic mass is 10.1. The van der Waals surface area contributed by atoms with Gasteiger partial charge < -0.3 is 9.64 Å². The monoisotopic (exact) mass is 341 g/mol. The van der Waals surface area contributed by atoms with Crippen LogP contribution in [0.25, 0.3) is 0 Å². The van der Waals surface area contributed by atoms with Gasteiger partial charge in [-0.2, -0.15) is 0 Å². The zero-order valence-electron chi connectivity index (χ0n) is 14.7. The van der Waals surface area contributed by atoms with Crippen LogP contribution in [0.1, 0.15) is 42.0 Å². The van der Waals surface area contributed by atoms with Crippen LogP contribution in [0.3, 0.4) is 0 Å². The second kappa shape index (κ2) is 6.46. The average molecular weight is 341 g/mol. The number of fused-ring (bicyclic) bond motifs is 1. The molecule has 2 aromatic heterocycles. The van der Waals surface area contributed by atoms with E-state index < -0.39 is 5.97 Å². The zero-order valence-corrected chi connectivity index (χ0v) is 14.7. The molecule has 132 valence electrons. The number of nitrogens with zero attached hydrogens (tertiary/aromatic N) is 5. The summed E-state index contributed by atoms with van der Waals surface area (Å²) in [6.45, 7) is 7.05. The van der Waals surface area contributed by atoms with Gasteiger partial charge in [-0.05, 0) is 43.2 Å². The van der Waals surface area contributed by atoms with Gasteiger partial charge in [-0.15, -0.1) is 5.10 Å². The molecule has 0 amide bonds. The molecule has 2 fully saturated rings. The molecule has 25 heavy (non-hydrogen) atoms. The van der Waals surface area contributed by atoms with E-state index in [0.29, 0.717) is 13.2 Å². The van der Waals surface area contributed by atoms with Gasteiger partial charge >= 0.3 is 5.97 Å². The van der Waals surface area contributed by atoms with Gasteiger partial charge in [-0.3, -0.25) is 0 Å². The van der Waals surface area contributed by atoms with Crippen molar-refractivity contribution < 1.29 is 9.53 Å². The van der Waals surface area contributed by atoms with E-state index in [2.05, 4.69) is 34.3 Å². The average Bonchev–Trinajstić information content (AvgIpc) is 3.02. The minimum absolute atomic E-state index is 0.237. The highest BCUT2D eigenvalue weighted by atomic mass is 16.5. The van der Waals surface area contributed by atoms with Crippen LogP contribution >= 0.6 is 0 Å². The number of carbonyl (C=O) groups excluding carboxylic acids is 1. The Labute approximate surface area is 147 Å². The first-order valence-corrected chi connectivity index (χ1v) is 8.99. The molecular formula is C18H23N5O2. The third kappa shape index (κ3) is 3.23. The molecule has 0 radical (unpaired) electrons. The summed E-state index contributed by atoms with van der Waals surface area (Å²) >= 11 is 0. The highest BCUT2D eigenvalue weighted by molar-refractivity contribution is 5.86. The van der Waals surface area contributed by atoms with Crippen LogP contribution in [-0.2, 0) is 17.7 Å². The van der Waals surface area contributed by atoms with Gasteiger partial charge in [-0.25, -0.2) is 14.5 Å². The van der Waals surface area contributed by atoms with Gasteiger partial charge in [0.15, 0.2) is 5.69 Å². The number of rotatable bonds is 6. The number of carbonyl (C=O) groups is 1. The quantitative estimate of drug-likeness (QED) is 0.748. The van der Waals surface area contributed by atoms with E-state index in [1.165, 1.54) is 6.42 Å². The molecule has 2 unspecified atom stereocenters. The molecule has 2 aromatic rings. The Morgan fingerprint density at radius 3 is 2.80 bits per heavy atom. The molecule has 1 aliphatic carbocycles. The molecule has 2 atom stereocenters. The van der Waals surface area contributed by atoms with Crippen molar-refractivity contribution in [2.24, 2.45) is 11.8 Å². The van der Waals surface area contributed by atoms with Crippen molar-refractivity contribution in [2.45, 2.75) is 33.2 Å². The lowest BCUT2D eigenvalue weighted by Crippen LogP contribution is -2.23. The summed E-state index contributed by atoms with van der Waals surface area (Å²) in [5.41, 5.74) is 2.42. The predicted molar refractivity (Wildman–Crippen MR) is 92.5 cm³/mol. The molecule has 7 nitrogen and oxygen atoms in total. The number of hydrogen-bond acceptors (Lipinski definition) is 6. The van der Waals surface area contributed by atoms with Gasteiger partial charge in [0.25, 0.3) is 0 Å². The van der Waals surface area contributed by atoms with Crippen molar-refractivity contribution in [3.05, 3.63) is 35.3 Å². The smallest absolute Gasteiger partial charge is 0.360 e. The molecular weight excluding hydrogens is 318 g/mol. The molecule has 0 bridgehead atoms. The van der Waals surface area contributed by atoms with Gasteiger partial charge in [0.05, 0.1) is 19.3 Å². The fourth-order valence-corrected chi connectivity index (χ4v) is 3.58. The maximum Gasteiger partial charge on any atom is 0.360 e. The Hall–Kier alpha value is -2.44. The maximum atomic E-state index is 11.7. The molecule has 4 rings (SSSR count). The van der Waals surface area contributed by atoms with Crippen LogP contribution in [0.2, 0.25) is 0 Å². The molecule has 3 heterocycles. The van der Waals surface area contributed by atoms with Crippen LogP contribution in [0.5, 0.6) is 0 Å². The molecule has 7 heteroatoms. The first-order chi connectivity index (χ1) is 12.2. The highest BCUT2D eigenvalue weighted by Crippen LogP contribution is 2.45. The van der Waals surface area contributed by atoms with Gasteiger partial charge in [0.2, 0.25) is 0 Å².